The summed E-state index contributed by atoms with van der Waals surface area (Å²) < 4.78 is 5.33. The summed E-state index contributed by atoms with van der Waals surface area (Å²) in [6.07, 6.45) is 1.47. The Kier molecular flexibility index (Phi) is 2.94. The Morgan fingerprint density at radius 2 is 2.06 bits per heavy atom. The molecule has 0 atom stereocenters. The van der Waals surface area contributed by atoms with Gasteiger partial charge in [0.25, 0.3) is 0 Å². The number of aromatic nitrogens is 3. The minimum atomic E-state index is 0.238. The molecule has 16 heavy (non-hydrogen) atoms. The Hall–Kier alpha value is -2.19. The molecule has 0 unspecified atom stereocenters. The first-order chi connectivity index (χ1) is 7.78. The van der Waals surface area contributed by atoms with E-state index >= 15 is 0 Å². The monoisotopic (exact) mass is 232 g/mol. The molecule has 0 saturated heterocycles. The summed E-state index contributed by atoms with van der Waals surface area (Å²) in [4.78, 5) is 3.85. The highest BCUT2D eigenvalue weighted by molar-refractivity contribution is 6.29. The fourth-order valence-corrected chi connectivity index (χ4v) is 1.09. The highest BCUT2D eigenvalue weighted by atomic mass is 35.5. The SMILES string of the molecule is N#Cc1ccc(Oc2ccc(Cl)nc2)nn1. The number of hydrogen-bond donors (Lipinski definition) is 0. The van der Waals surface area contributed by atoms with E-state index < -0.39 is 0 Å². The third-order valence-electron chi connectivity index (χ3n) is 1.68. The quantitative estimate of drug-likeness (QED) is 0.742. The summed E-state index contributed by atoms with van der Waals surface area (Å²) in [6.45, 7) is 0. The summed E-state index contributed by atoms with van der Waals surface area (Å²) in [5.41, 5.74) is 0.238. The van der Waals surface area contributed by atoms with Crippen LogP contribution in [0.4, 0.5) is 0 Å². The molecular formula is C10H5ClN4O. The van der Waals surface area contributed by atoms with Crippen LogP contribution in [0.1, 0.15) is 5.69 Å². The topological polar surface area (TPSA) is 71.7 Å². The summed E-state index contributed by atoms with van der Waals surface area (Å²) in [5.74, 6) is 0.798. The first-order valence-corrected chi connectivity index (χ1v) is 4.69. The van der Waals surface area contributed by atoms with Gasteiger partial charge in [-0.05, 0) is 18.2 Å². The Balaban J connectivity index is 2.15. The van der Waals surface area contributed by atoms with Crippen LogP contribution < -0.4 is 4.74 Å². The van der Waals surface area contributed by atoms with E-state index in [4.69, 9.17) is 21.6 Å². The second kappa shape index (κ2) is 4.55. The van der Waals surface area contributed by atoms with Gasteiger partial charge < -0.3 is 4.74 Å². The van der Waals surface area contributed by atoms with Crippen molar-refractivity contribution in [1.29, 1.82) is 5.26 Å². The third-order valence-corrected chi connectivity index (χ3v) is 1.90. The van der Waals surface area contributed by atoms with Crippen LogP contribution in [0.5, 0.6) is 11.6 Å². The molecule has 0 aliphatic carbocycles. The van der Waals surface area contributed by atoms with Gasteiger partial charge in [0, 0.05) is 6.07 Å². The molecule has 5 nitrogen and oxygen atoms in total. The van der Waals surface area contributed by atoms with Gasteiger partial charge in [0.2, 0.25) is 5.88 Å². The van der Waals surface area contributed by atoms with Crippen LogP contribution in [0.3, 0.4) is 0 Å². The molecule has 2 aromatic rings. The van der Waals surface area contributed by atoms with E-state index in [1.165, 1.54) is 12.3 Å². The van der Waals surface area contributed by atoms with Gasteiger partial charge in [0.15, 0.2) is 5.69 Å². The number of nitriles is 1. The zero-order chi connectivity index (χ0) is 11.4. The van der Waals surface area contributed by atoms with Crippen molar-refractivity contribution in [3.8, 4) is 17.7 Å². The highest BCUT2D eigenvalue weighted by Gasteiger charge is 2.00. The van der Waals surface area contributed by atoms with Crippen LogP contribution >= 0.6 is 11.6 Å². The van der Waals surface area contributed by atoms with Crippen molar-refractivity contribution >= 4 is 11.6 Å². The van der Waals surface area contributed by atoms with E-state index in [-0.39, 0.29) is 5.69 Å². The van der Waals surface area contributed by atoms with E-state index in [2.05, 4.69) is 15.2 Å². The fourth-order valence-electron chi connectivity index (χ4n) is 0.977. The minimum Gasteiger partial charge on any atom is -0.436 e. The number of ether oxygens (including phenoxy) is 1. The van der Waals surface area contributed by atoms with Crippen LogP contribution in [0.25, 0.3) is 0 Å². The van der Waals surface area contributed by atoms with Crippen LogP contribution in [-0.2, 0) is 0 Å². The standard InChI is InChI=1S/C10H5ClN4O/c11-9-3-2-8(6-13-9)16-10-4-1-7(5-12)14-15-10/h1-4,6H. The summed E-state index contributed by atoms with van der Waals surface area (Å²) in [7, 11) is 0. The number of pyridine rings is 1. The average molecular weight is 233 g/mol. The maximum atomic E-state index is 8.53. The molecule has 6 heteroatoms. The molecule has 0 saturated carbocycles. The number of hydrogen-bond acceptors (Lipinski definition) is 5. The van der Waals surface area contributed by atoms with Crippen molar-refractivity contribution < 1.29 is 4.74 Å². The van der Waals surface area contributed by atoms with E-state index in [0.717, 1.165) is 0 Å². The van der Waals surface area contributed by atoms with Crippen LogP contribution in [0, 0.1) is 11.3 Å². The molecule has 0 amide bonds. The highest BCUT2D eigenvalue weighted by Crippen LogP contribution is 2.18. The van der Waals surface area contributed by atoms with Gasteiger partial charge in [0.1, 0.15) is 17.0 Å². The number of rotatable bonds is 2. The average Bonchev–Trinajstić information content (AvgIpc) is 2.33. The number of halogens is 1. The molecule has 2 rings (SSSR count). The molecule has 0 N–H and O–H groups in total. The lowest BCUT2D eigenvalue weighted by molar-refractivity contribution is 0.453. The molecule has 0 fully saturated rings. The molecule has 0 bridgehead atoms. The summed E-state index contributed by atoms with van der Waals surface area (Å²) in [5, 5.41) is 16.3. The van der Waals surface area contributed by atoms with Crippen molar-refractivity contribution in [3.63, 3.8) is 0 Å². The predicted molar refractivity (Wildman–Crippen MR) is 56.1 cm³/mol. The normalized spacial score (nSPS) is 9.50. The molecule has 0 spiro atoms. The van der Waals surface area contributed by atoms with Gasteiger partial charge in [-0.25, -0.2) is 4.98 Å². The molecular weight excluding hydrogens is 228 g/mol. The van der Waals surface area contributed by atoms with Crippen molar-refractivity contribution in [2.45, 2.75) is 0 Å². The second-order valence-electron chi connectivity index (χ2n) is 2.79. The maximum Gasteiger partial charge on any atom is 0.239 e. The molecule has 2 aromatic heterocycles. The summed E-state index contributed by atoms with van der Waals surface area (Å²) in [6, 6.07) is 8.21. The van der Waals surface area contributed by atoms with Gasteiger partial charge in [-0.15, -0.1) is 10.2 Å². The van der Waals surface area contributed by atoms with Crippen molar-refractivity contribution in [1.82, 2.24) is 15.2 Å². The predicted octanol–water partition coefficient (Wildman–Crippen LogP) is 2.19. The Labute approximate surface area is 96.3 Å². The minimum absolute atomic E-state index is 0.238. The molecule has 0 radical (unpaired) electrons. The van der Waals surface area contributed by atoms with E-state index in [1.54, 1.807) is 18.2 Å². The van der Waals surface area contributed by atoms with Gasteiger partial charge >= 0.3 is 0 Å². The molecule has 0 aliphatic rings. The lowest BCUT2D eigenvalue weighted by Crippen LogP contribution is -1.92. The lowest BCUT2D eigenvalue weighted by atomic mass is 10.4. The Bertz CT molecular complexity index is 518. The van der Waals surface area contributed by atoms with Gasteiger partial charge in [-0.3, -0.25) is 0 Å². The van der Waals surface area contributed by atoms with Crippen LogP contribution in [0.15, 0.2) is 30.5 Å². The smallest absolute Gasteiger partial charge is 0.239 e. The van der Waals surface area contributed by atoms with Crippen molar-refractivity contribution in [3.05, 3.63) is 41.3 Å². The molecule has 78 valence electrons. The van der Waals surface area contributed by atoms with E-state index in [1.807, 2.05) is 6.07 Å². The zero-order valence-corrected chi connectivity index (χ0v) is 8.72. The van der Waals surface area contributed by atoms with Crippen LogP contribution in [-0.4, -0.2) is 15.2 Å². The molecule has 0 aromatic carbocycles. The zero-order valence-electron chi connectivity index (χ0n) is 7.96. The van der Waals surface area contributed by atoms with Crippen LogP contribution in [0.2, 0.25) is 5.15 Å². The first-order valence-electron chi connectivity index (χ1n) is 4.31. The fraction of sp³-hybridized carbons (Fsp3) is 0. The Morgan fingerprint density at radius 3 is 2.62 bits per heavy atom. The number of nitrogens with zero attached hydrogens (tertiary/aromatic N) is 4. The largest absolute Gasteiger partial charge is 0.436 e. The van der Waals surface area contributed by atoms with Gasteiger partial charge in [0.05, 0.1) is 6.20 Å². The second-order valence-corrected chi connectivity index (χ2v) is 3.17. The molecule has 0 aliphatic heterocycles. The van der Waals surface area contributed by atoms with Crippen molar-refractivity contribution in [2.24, 2.45) is 0 Å². The first kappa shape index (κ1) is 10.3. The third kappa shape index (κ3) is 2.43. The lowest BCUT2D eigenvalue weighted by Gasteiger charge is -2.02. The van der Waals surface area contributed by atoms with Gasteiger partial charge in [-0.2, -0.15) is 5.26 Å². The summed E-state index contributed by atoms with van der Waals surface area (Å²) >= 11 is 5.62. The van der Waals surface area contributed by atoms with E-state index in [9.17, 15) is 0 Å². The van der Waals surface area contributed by atoms with Gasteiger partial charge in [-0.1, -0.05) is 11.6 Å². The van der Waals surface area contributed by atoms with E-state index in [0.29, 0.717) is 16.8 Å². The maximum absolute atomic E-state index is 8.53. The Morgan fingerprint density at radius 1 is 1.19 bits per heavy atom. The molecule has 2 heterocycles. The van der Waals surface area contributed by atoms with Crippen molar-refractivity contribution in [2.75, 3.05) is 0 Å².